The lowest BCUT2D eigenvalue weighted by Gasteiger charge is -2.44. The summed E-state index contributed by atoms with van der Waals surface area (Å²) in [6.07, 6.45) is 3.04. The van der Waals surface area contributed by atoms with Crippen LogP contribution in [0.25, 0.3) is 0 Å². The second kappa shape index (κ2) is 6.53. The van der Waals surface area contributed by atoms with Gasteiger partial charge in [-0.3, -0.25) is 4.90 Å². The minimum Gasteiger partial charge on any atom is -0.377 e. The normalized spacial score (nSPS) is 44.7. The third-order valence-electron chi connectivity index (χ3n) is 5.07. The van der Waals surface area contributed by atoms with Crippen LogP contribution in [0.1, 0.15) is 26.7 Å². The van der Waals surface area contributed by atoms with Crippen molar-refractivity contribution in [2.45, 2.75) is 51.0 Å². The van der Waals surface area contributed by atoms with E-state index in [9.17, 15) is 0 Å². The Balaban J connectivity index is 2.07. The largest absolute Gasteiger partial charge is 0.377 e. The van der Waals surface area contributed by atoms with Crippen LogP contribution in [0, 0.1) is 11.8 Å². The highest BCUT2D eigenvalue weighted by molar-refractivity contribution is 4.98. The number of methoxy groups -OCH3 is 2. The van der Waals surface area contributed by atoms with Crippen LogP contribution in [-0.4, -0.2) is 63.5 Å². The molecule has 1 aliphatic carbocycles. The molecule has 4 nitrogen and oxygen atoms in total. The fourth-order valence-electron chi connectivity index (χ4n) is 4.21. The predicted molar refractivity (Wildman–Crippen MR) is 77.4 cm³/mol. The molecule has 0 aromatic heterocycles. The summed E-state index contributed by atoms with van der Waals surface area (Å²) in [6, 6.07) is 1.20. The Labute approximate surface area is 117 Å². The zero-order valence-electron chi connectivity index (χ0n) is 13.1. The van der Waals surface area contributed by atoms with Gasteiger partial charge in [0.05, 0.1) is 12.2 Å². The molecule has 1 heterocycles. The quantitative estimate of drug-likeness (QED) is 0.836. The standard InChI is InChI=1S/C15H30N2O2/c1-10-6-11(2)15(12(7-10)16-3)17-8-13(18-4)14(9-17)19-5/h10-16H,6-9H2,1-5H3. The average molecular weight is 270 g/mol. The maximum absolute atomic E-state index is 5.57. The van der Waals surface area contributed by atoms with E-state index in [1.54, 1.807) is 14.2 Å². The third-order valence-corrected chi connectivity index (χ3v) is 5.07. The first-order valence-electron chi connectivity index (χ1n) is 7.57. The number of hydrogen-bond donors (Lipinski definition) is 1. The van der Waals surface area contributed by atoms with Crippen molar-refractivity contribution >= 4 is 0 Å². The summed E-state index contributed by atoms with van der Waals surface area (Å²) in [6.45, 7) is 6.76. The van der Waals surface area contributed by atoms with E-state index in [1.165, 1.54) is 12.8 Å². The Bertz CT molecular complexity index is 275. The number of rotatable bonds is 4. The molecule has 0 aromatic rings. The van der Waals surface area contributed by atoms with Crippen LogP contribution in [0.4, 0.5) is 0 Å². The van der Waals surface area contributed by atoms with Crippen LogP contribution in [0.5, 0.6) is 0 Å². The van der Waals surface area contributed by atoms with Crippen molar-refractivity contribution in [1.82, 2.24) is 10.2 Å². The molecule has 0 spiro atoms. The second-order valence-electron chi connectivity index (χ2n) is 6.44. The molecule has 2 rings (SSSR count). The Kier molecular flexibility index (Phi) is 5.23. The van der Waals surface area contributed by atoms with Crippen LogP contribution < -0.4 is 5.32 Å². The van der Waals surface area contributed by atoms with Crippen LogP contribution in [0.15, 0.2) is 0 Å². The van der Waals surface area contributed by atoms with E-state index in [1.807, 2.05) is 0 Å². The summed E-state index contributed by atoms with van der Waals surface area (Å²) in [5, 5.41) is 3.53. The SMILES string of the molecule is CNC1CC(C)CC(C)C1N1CC(OC)C(OC)C1. The van der Waals surface area contributed by atoms with Gasteiger partial charge in [-0.1, -0.05) is 13.8 Å². The Morgan fingerprint density at radius 2 is 1.58 bits per heavy atom. The molecular weight excluding hydrogens is 240 g/mol. The molecule has 0 bridgehead atoms. The molecule has 0 amide bonds. The fraction of sp³-hybridized carbons (Fsp3) is 1.00. The minimum absolute atomic E-state index is 0.217. The van der Waals surface area contributed by atoms with Gasteiger partial charge in [-0.2, -0.15) is 0 Å². The lowest BCUT2D eigenvalue weighted by Crippen LogP contribution is -2.55. The molecular formula is C15H30N2O2. The van der Waals surface area contributed by atoms with Gasteiger partial charge in [0.25, 0.3) is 0 Å². The molecule has 112 valence electrons. The van der Waals surface area contributed by atoms with Crippen molar-refractivity contribution in [3.05, 3.63) is 0 Å². The topological polar surface area (TPSA) is 33.7 Å². The van der Waals surface area contributed by atoms with Crippen molar-refractivity contribution < 1.29 is 9.47 Å². The predicted octanol–water partition coefficient (Wildman–Crippen LogP) is 1.35. The van der Waals surface area contributed by atoms with E-state index in [0.717, 1.165) is 24.9 Å². The lowest BCUT2D eigenvalue weighted by atomic mass is 9.76. The maximum atomic E-state index is 5.57. The van der Waals surface area contributed by atoms with Gasteiger partial charge in [-0.15, -0.1) is 0 Å². The molecule has 19 heavy (non-hydrogen) atoms. The van der Waals surface area contributed by atoms with Crippen molar-refractivity contribution in [2.24, 2.45) is 11.8 Å². The first-order chi connectivity index (χ1) is 9.10. The number of nitrogens with one attached hydrogen (secondary N) is 1. The Hall–Kier alpha value is -0.160. The summed E-state index contributed by atoms with van der Waals surface area (Å²) < 4.78 is 11.1. The third kappa shape index (κ3) is 3.13. The molecule has 2 aliphatic rings. The molecule has 2 fully saturated rings. The van der Waals surface area contributed by atoms with E-state index < -0.39 is 0 Å². The van der Waals surface area contributed by atoms with E-state index in [0.29, 0.717) is 12.1 Å². The van der Waals surface area contributed by atoms with E-state index >= 15 is 0 Å². The molecule has 6 unspecified atom stereocenters. The first-order valence-corrected chi connectivity index (χ1v) is 7.57. The first kappa shape index (κ1) is 15.2. The summed E-state index contributed by atoms with van der Waals surface area (Å²) in [4.78, 5) is 2.58. The number of nitrogens with zero attached hydrogens (tertiary/aromatic N) is 1. The lowest BCUT2D eigenvalue weighted by molar-refractivity contribution is -0.00461. The Morgan fingerprint density at radius 3 is 2.05 bits per heavy atom. The monoisotopic (exact) mass is 270 g/mol. The zero-order chi connectivity index (χ0) is 14.0. The Morgan fingerprint density at radius 1 is 1.00 bits per heavy atom. The van der Waals surface area contributed by atoms with E-state index in [4.69, 9.17) is 9.47 Å². The summed E-state index contributed by atoms with van der Waals surface area (Å²) in [5.41, 5.74) is 0. The van der Waals surface area contributed by atoms with Gasteiger partial charge in [0.1, 0.15) is 0 Å². The van der Waals surface area contributed by atoms with Crippen LogP contribution >= 0.6 is 0 Å². The number of ether oxygens (including phenoxy) is 2. The number of likely N-dealkylation sites (N-methyl/N-ethyl adjacent to an activating group) is 1. The van der Waals surface area contributed by atoms with Gasteiger partial charge in [0.15, 0.2) is 0 Å². The summed E-state index contributed by atoms with van der Waals surface area (Å²) in [5.74, 6) is 1.55. The van der Waals surface area contributed by atoms with Gasteiger partial charge < -0.3 is 14.8 Å². The number of hydrogen-bond acceptors (Lipinski definition) is 4. The molecule has 1 saturated heterocycles. The van der Waals surface area contributed by atoms with Gasteiger partial charge in [0.2, 0.25) is 0 Å². The van der Waals surface area contributed by atoms with E-state index in [2.05, 4.69) is 31.1 Å². The molecule has 1 N–H and O–H groups in total. The smallest absolute Gasteiger partial charge is 0.0971 e. The van der Waals surface area contributed by atoms with Crippen molar-refractivity contribution in [3.63, 3.8) is 0 Å². The van der Waals surface area contributed by atoms with Gasteiger partial charge in [-0.05, 0) is 31.7 Å². The molecule has 0 aromatic carbocycles. The number of likely N-dealkylation sites (tertiary alicyclic amines) is 1. The average Bonchev–Trinajstić information content (AvgIpc) is 2.80. The molecule has 1 aliphatic heterocycles. The molecule has 0 radical (unpaired) electrons. The minimum atomic E-state index is 0.217. The molecule has 1 saturated carbocycles. The van der Waals surface area contributed by atoms with Crippen LogP contribution in [0.3, 0.4) is 0 Å². The molecule has 6 atom stereocenters. The van der Waals surface area contributed by atoms with Crippen molar-refractivity contribution in [3.8, 4) is 0 Å². The van der Waals surface area contributed by atoms with Crippen LogP contribution in [0.2, 0.25) is 0 Å². The summed E-state index contributed by atoms with van der Waals surface area (Å²) in [7, 11) is 5.68. The van der Waals surface area contributed by atoms with Gasteiger partial charge in [-0.25, -0.2) is 0 Å². The van der Waals surface area contributed by atoms with Gasteiger partial charge >= 0.3 is 0 Å². The second-order valence-corrected chi connectivity index (χ2v) is 6.44. The highest BCUT2D eigenvalue weighted by Gasteiger charge is 2.43. The highest BCUT2D eigenvalue weighted by atomic mass is 16.5. The highest BCUT2D eigenvalue weighted by Crippen LogP contribution is 2.34. The zero-order valence-corrected chi connectivity index (χ0v) is 13.1. The van der Waals surface area contributed by atoms with Crippen molar-refractivity contribution in [1.29, 1.82) is 0 Å². The van der Waals surface area contributed by atoms with Crippen LogP contribution in [-0.2, 0) is 9.47 Å². The maximum Gasteiger partial charge on any atom is 0.0971 e. The fourth-order valence-corrected chi connectivity index (χ4v) is 4.21. The molecule has 4 heteroatoms. The van der Waals surface area contributed by atoms with E-state index in [-0.39, 0.29) is 12.2 Å². The van der Waals surface area contributed by atoms with Crippen molar-refractivity contribution in [2.75, 3.05) is 34.4 Å². The summed E-state index contributed by atoms with van der Waals surface area (Å²) >= 11 is 0. The van der Waals surface area contributed by atoms with Gasteiger partial charge in [0, 0.05) is 39.4 Å².